The molecule has 1 fully saturated rings. The number of nitrogens with one attached hydrogen (secondary N) is 1. The number of rotatable bonds is 4. The summed E-state index contributed by atoms with van der Waals surface area (Å²) in [4.78, 5) is 2.52. The Morgan fingerprint density at radius 1 is 1.24 bits per heavy atom. The molecule has 0 aromatic heterocycles. The highest BCUT2D eigenvalue weighted by molar-refractivity contribution is 7.99. The SMILES string of the molecule is CSC(NC#N)C1=C(N2CCCC2)c2ccccc2CC1. The molecule has 2 aliphatic rings. The Labute approximate surface area is 131 Å². The first-order chi connectivity index (χ1) is 10.3. The Bertz CT molecular complexity index is 582. The monoisotopic (exact) mass is 299 g/mol. The van der Waals surface area contributed by atoms with E-state index < -0.39 is 0 Å². The van der Waals surface area contributed by atoms with Crippen LogP contribution in [0.1, 0.15) is 30.4 Å². The standard InChI is InChI=1S/C17H21N3S/c1-21-17(19-12-18)15-9-8-13-6-2-3-7-14(13)16(15)20-10-4-5-11-20/h2-3,6-7,17,19H,4-5,8-11H2,1H3. The maximum absolute atomic E-state index is 9.03. The summed E-state index contributed by atoms with van der Waals surface area (Å²) < 4.78 is 0. The van der Waals surface area contributed by atoms with Crippen LogP contribution < -0.4 is 5.32 Å². The molecule has 21 heavy (non-hydrogen) atoms. The van der Waals surface area contributed by atoms with Crippen molar-refractivity contribution in [1.29, 1.82) is 5.26 Å². The number of hydrogen-bond donors (Lipinski definition) is 1. The molecule has 3 rings (SSSR count). The van der Waals surface area contributed by atoms with Crippen molar-refractivity contribution in [2.75, 3.05) is 19.3 Å². The Kier molecular flexibility index (Phi) is 4.40. The van der Waals surface area contributed by atoms with Crippen molar-refractivity contribution in [2.24, 2.45) is 0 Å². The van der Waals surface area contributed by atoms with Crippen LogP contribution >= 0.6 is 11.8 Å². The van der Waals surface area contributed by atoms with Gasteiger partial charge in [0.2, 0.25) is 0 Å². The van der Waals surface area contributed by atoms with E-state index in [1.54, 1.807) is 11.8 Å². The van der Waals surface area contributed by atoms with E-state index >= 15 is 0 Å². The second kappa shape index (κ2) is 6.44. The number of benzene rings is 1. The number of likely N-dealkylation sites (tertiary alicyclic amines) is 1. The van der Waals surface area contributed by atoms with Crippen LogP contribution in [0.5, 0.6) is 0 Å². The van der Waals surface area contributed by atoms with Gasteiger partial charge >= 0.3 is 0 Å². The van der Waals surface area contributed by atoms with E-state index in [2.05, 4.69) is 46.9 Å². The molecule has 4 heteroatoms. The molecule has 1 saturated heterocycles. The molecule has 0 radical (unpaired) electrons. The molecular formula is C17H21N3S. The third kappa shape index (κ3) is 2.75. The molecular weight excluding hydrogens is 278 g/mol. The van der Waals surface area contributed by atoms with Crippen LogP contribution in [0.3, 0.4) is 0 Å². The van der Waals surface area contributed by atoms with Gasteiger partial charge in [0.25, 0.3) is 0 Å². The first kappa shape index (κ1) is 14.3. The number of nitriles is 1. The molecule has 3 nitrogen and oxygen atoms in total. The molecule has 1 aliphatic carbocycles. The number of fused-ring (bicyclic) bond motifs is 1. The van der Waals surface area contributed by atoms with Crippen molar-refractivity contribution in [3.8, 4) is 6.19 Å². The summed E-state index contributed by atoms with van der Waals surface area (Å²) in [5.74, 6) is 0. The highest BCUT2D eigenvalue weighted by Crippen LogP contribution is 2.38. The lowest BCUT2D eigenvalue weighted by atomic mass is 9.88. The number of thioether (sulfide) groups is 1. The molecule has 110 valence electrons. The van der Waals surface area contributed by atoms with Gasteiger partial charge in [0.1, 0.15) is 5.37 Å². The summed E-state index contributed by atoms with van der Waals surface area (Å²) in [5, 5.41) is 12.1. The van der Waals surface area contributed by atoms with Crippen LogP contribution in [-0.4, -0.2) is 29.6 Å². The second-order valence-electron chi connectivity index (χ2n) is 5.60. The van der Waals surface area contributed by atoms with Gasteiger partial charge in [-0.1, -0.05) is 24.3 Å². The zero-order valence-corrected chi connectivity index (χ0v) is 13.2. The summed E-state index contributed by atoms with van der Waals surface area (Å²) in [7, 11) is 0. The molecule has 1 aromatic carbocycles. The Morgan fingerprint density at radius 2 is 2.00 bits per heavy atom. The molecule has 0 bridgehead atoms. The third-order valence-corrected chi connectivity index (χ3v) is 5.28. The lowest BCUT2D eigenvalue weighted by molar-refractivity contribution is 0.482. The van der Waals surface area contributed by atoms with Gasteiger partial charge in [-0.2, -0.15) is 5.26 Å². The van der Waals surface area contributed by atoms with Crippen molar-refractivity contribution in [3.05, 3.63) is 41.0 Å². The highest BCUT2D eigenvalue weighted by atomic mass is 32.2. The molecule has 1 aliphatic heterocycles. The van der Waals surface area contributed by atoms with Crippen molar-refractivity contribution < 1.29 is 0 Å². The topological polar surface area (TPSA) is 39.1 Å². The molecule has 1 unspecified atom stereocenters. The first-order valence-corrected chi connectivity index (χ1v) is 8.87. The normalized spacial score (nSPS) is 19.1. The fraction of sp³-hybridized carbons (Fsp3) is 0.471. The first-order valence-electron chi connectivity index (χ1n) is 7.59. The largest absolute Gasteiger partial charge is 0.371 e. The lowest BCUT2D eigenvalue weighted by Crippen LogP contribution is -2.31. The van der Waals surface area contributed by atoms with E-state index in [1.807, 2.05) is 0 Å². The summed E-state index contributed by atoms with van der Waals surface area (Å²) >= 11 is 1.72. The van der Waals surface area contributed by atoms with Gasteiger partial charge in [-0.25, -0.2) is 0 Å². The molecule has 1 N–H and O–H groups in total. The summed E-state index contributed by atoms with van der Waals surface area (Å²) in [6, 6.07) is 8.74. The van der Waals surface area contributed by atoms with Crippen molar-refractivity contribution in [1.82, 2.24) is 10.2 Å². The fourth-order valence-electron chi connectivity index (χ4n) is 3.45. The molecule has 1 aromatic rings. The zero-order valence-electron chi connectivity index (χ0n) is 12.4. The predicted octanol–water partition coefficient (Wildman–Crippen LogP) is 3.20. The Morgan fingerprint density at radius 3 is 2.71 bits per heavy atom. The van der Waals surface area contributed by atoms with Crippen LogP contribution in [0.4, 0.5) is 0 Å². The van der Waals surface area contributed by atoms with E-state index in [0.717, 1.165) is 25.9 Å². The van der Waals surface area contributed by atoms with E-state index in [9.17, 15) is 0 Å². The van der Waals surface area contributed by atoms with Gasteiger partial charge in [-0.05, 0) is 43.1 Å². The van der Waals surface area contributed by atoms with Crippen LogP contribution in [0.2, 0.25) is 0 Å². The van der Waals surface area contributed by atoms with Gasteiger partial charge < -0.3 is 10.2 Å². The average molecular weight is 299 g/mol. The third-order valence-electron chi connectivity index (χ3n) is 4.41. The van der Waals surface area contributed by atoms with Crippen molar-refractivity contribution in [3.63, 3.8) is 0 Å². The molecule has 0 amide bonds. The van der Waals surface area contributed by atoms with E-state index in [1.165, 1.54) is 35.2 Å². The highest BCUT2D eigenvalue weighted by Gasteiger charge is 2.28. The number of nitrogens with zero attached hydrogens (tertiary/aromatic N) is 2. The number of hydrogen-bond acceptors (Lipinski definition) is 4. The zero-order chi connectivity index (χ0) is 14.7. The van der Waals surface area contributed by atoms with Gasteiger partial charge in [0.05, 0.1) is 0 Å². The average Bonchev–Trinajstić information content (AvgIpc) is 3.05. The van der Waals surface area contributed by atoms with Crippen molar-refractivity contribution >= 4 is 17.5 Å². The van der Waals surface area contributed by atoms with Crippen LogP contribution in [0, 0.1) is 11.5 Å². The van der Waals surface area contributed by atoms with E-state index in [-0.39, 0.29) is 5.37 Å². The fourth-order valence-corrected chi connectivity index (χ4v) is 4.13. The van der Waals surface area contributed by atoms with Gasteiger partial charge in [0.15, 0.2) is 6.19 Å². The quantitative estimate of drug-likeness (QED) is 0.526. The Balaban J connectivity index is 2.08. The van der Waals surface area contributed by atoms with Crippen molar-refractivity contribution in [2.45, 2.75) is 31.1 Å². The summed E-state index contributed by atoms with van der Waals surface area (Å²) in [5.41, 5.74) is 5.60. The second-order valence-corrected chi connectivity index (χ2v) is 6.54. The number of aryl methyl sites for hydroxylation is 1. The van der Waals surface area contributed by atoms with E-state index in [4.69, 9.17) is 5.26 Å². The van der Waals surface area contributed by atoms with Gasteiger partial charge in [0, 0.05) is 24.4 Å². The van der Waals surface area contributed by atoms with Crippen LogP contribution in [0.15, 0.2) is 29.8 Å². The lowest BCUT2D eigenvalue weighted by Gasteiger charge is -2.33. The minimum atomic E-state index is 0.0963. The van der Waals surface area contributed by atoms with E-state index in [0.29, 0.717) is 0 Å². The summed E-state index contributed by atoms with van der Waals surface area (Å²) in [6.45, 7) is 2.28. The molecule has 0 saturated carbocycles. The smallest absolute Gasteiger partial charge is 0.177 e. The molecule has 1 heterocycles. The maximum Gasteiger partial charge on any atom is 0.177 e. The van der Waals surface area contributed by atoms with Crippen LogP contribution in [0.25, 0.3) is 5.70 Å². The molecule has 1 atom stereocenters. The van der Waals surface area contributed by atoms with Crippen LogP contribution in [-0.2, 0) is 6.42 Å². The van der Waals surface area contributed by atoms with Gasteiger partial charge in [-0.15, -0.1) is 11.8 Å². The van der Waals surface area contributed by atoms with Gasteiger partial charge in [-0.3, -0.25) is 0 Å². The summed E-state index contributed by atoms with van der Waals surface area (Å²) in [6.07, 6.45) is 8.87. The predicted molar refractivity (Wildman–Crippen MR) is 88.5 cm³/mol. The molecule has 0 spiro atoms. The maximum atomic E-state index is 9.03. The minimum absolute atomic E-state index is 0.0963. The Hall–Kier alpha value is -1.60. The minimum Gasteiger partial charge on any atom is -0.371 e.